The van der Waals surface area contributed by atoms with Crippen LogP contribution in [-0.2, 0) is 5.41 Å². The highest BCUT2D eigenvalue weighted by atomic mass is 32.1. The van der Waals surface area contributed by atoms with Crippen molar-refractivity contribution >= 4 is 16.7 Å². The van der Waals surface area contributed by atoms with Crippen molar-refractivity contribution < 1.29 is 5.11 Å². The molecule has 1 fully saturated rings. The Balaban J connectivity index is 2.13. The third-order valence-corrected chi connectivity index (χ3v) is 4.08. The Labute approximate surface area is 113 Å². The van der Waals surface area contributed by atoms with Crippen LogP contribution in [-0.4, -0.2) is 33.2 Å². The third-order valence-electron chi connectivity index (χ3n) is 3.32. The predicted octanol–water partition coefficient (Wildman–Crippen LogP) is 2.58. The summed E-state index contributed by atoms with van der Waals surface area (Å²) in [5.41, 5.74) is 0.00818. The number of anilines is 1. The first-order chi connectivity index (χ1) is 8.38. The molecule has 0 radical (unpaired) electrons. The summed E-state index contributed by atoms with van der Waals surface area (Å²) in [4.78, 5) is 6.99. The molecule has 1 aromatic rings. The minimum Gasteiger partial charge on any atom is -0.393 e. The maximum Gasteiger partial charge on any atom is 0.205 e. The minimum atomic E-state index is -0.245. The van der Waals surface area contributed by atoms with Crippen molar-refractivity contribution in [2.24, 2.45) is 0 Å². The molecule has 1 aliphatic heterocycles. The molecule has 2 rings (SSSR count). The van der Waals surface area contributed by atoms with Gasteiger partial charge in [-0.15, -0.1) is 0 Å². The van der Waals surface area contributed by atoms with Gasteiger partial charge < -0.3 is 10.0 Å². The molecule has 1 N–H and O–H groups in total. The van der Waals surface area contributed by atoms with Gasteiger partial charge in [-0.2, -0.15) is 4.37 Å². The molecular formula is C13H23N3OS. The Morgan fingerprint density at radius 3 is 2.78 bits per heavy atom. The Bertz CT molecular complexity index is 397. The normalized spacial score (nSPS) is 22.5. The van der Waals surface area contributed by atoms with E-state index in [0.29, 0.717) is 6.04 Å². The maximum absolute atomic E-state index is 9.55. The second kappa shape index (κ2) is 5.13. The molecule has 1 saturated heterocycles. The van der Waals surface area contributed by atoms with Crippen LogP contribution < -0.4 is 4.90 Å². The second-order valence-corrected chi connectivity index (χ2v) is 6.96. The fraction of sp³-hybridized carbons (Fsp3) is 0.846. The first-order valence-corrected chi connectivity index (χ1v) is 7.44. The smallest absolute Gasteiger partial charge is 0.205 e. The van der Waals surface area contributed by atoms with E-state index in [9.17, 15) is 5.11 Å². The molecule has 1 aromatic heterocycles. The lowest BCUT2D eigenvalue weighted by Crippen LogP contribution is -2.31. The summed E-state index contributed by atoms with van der Waals surface area (Å²) in [5, 5.41) is 10.6. The van der Waals surface area contributed by atoms with Gasteiger partial charge in [0.05, 0.1) is 6.10 Å². The Hall–Kier alpha value is -0.680. The highest BCUT2D eigenvalue weighted by Gasteiger charge is 2.29. The van der Waals surface area contributed by atoms with E-state index in [-0.39, 0.29) is 11.5 Å². The molecule has 1 aliphatic rings. The molecule has 2 heterocycles. The number of nitrogens with zero attached hydrogens (tertiary/aromatic N) is 3. The van der Waals surface area contributed by atoms with Crippen LogP contribution >= 0.6 is 11.5 Å². The molecule has 0 saturated carbocycles. The van der Waals surface area contributed by atoms with Gasteiger partial charge in [0.25, 0.3) is 0 Å². The van der Waals surface area contributed by atoms with E-state index in [0.717, 1.165) is 30.3 Å². The van der Waals surface area contributed by atoms with Gasteiger partial charge in [0, 0.05) is 29.5 Å². The van der Waals surface area contributed by atoms with Crippen LogP contribution in [0.5, 0.6) is 0 Å². The maximum atomic E-state index is 9.55. The lowest BCUT2D eigenvalue weighted by molar-refractivity contribution is 0.175. The molecule has 0 bridgehead atoms. The molecular weight excluding hydrogens is 246 g/mol. The quantitative estimate of drug-likeness (QED) is 0.916. The van der Waals surface area contributed by atoms with Gasteiger partial charge in [-0.25, -0.2) is 4.98 Å². The van der Waals surface area contributed by atoms with Crippen LogP contribution in [0.4, 0.5) is 5.13 Å². The molecule has 4 nitrogen and oxygen atoms in total. The summed E-state index contributed by atoms with van der Waals surface area (Å²) in [7, 11) is 0. The van der Waals surface area contributed by atoms with Crippen LogP contribution in [0.25, 0.3) is 0 Å². The van der Waals surface area contributed by atoms with Gasteiger partial charge in [-0.3, -0.25) is 0 Å². The number of aliphatic hydroxyl groups excluding tert-OH is 1. The minimum absolute atomic E-state index is 0.00818. The Kier molecular flexibility index (Phi) is 3.92. The van der Waals surface area contributed by atoms with E-state index in [2.05, 4.69) is 35.0 Å². The average molecular weight is 269 g/mol. The topological polar surface area (TPSA) is 49.2 Å². The van der Waals surface area contributed by atoms with Crippen molar-refractivity contribution in [3.63, 3.8) is 0 Å². The largest absolute Gasteiger partial charge is 0.393 e. The summed E-state index contributed by atoms with van der Waals surface area (Å²) in [6, 6.07) is 0.422. The average Bonchev–Trinajstić information content (AvgIpc) is 2.81. The monoisotopic (exact) mass is 269 g/mol. The summed E-state index contributed by atoms with van der Waals surface area (Å²) in [5.74, 6) is 0.921. The first-order valence-electron chi connectivity index (χ1n) is 6.67. The molecule has 0 amide bonds. The number of aromatic nitrogens is 2. The molecule has 2 unspecified atom stereocenters. The SMILES string of the molecule is CC(O)CC1CCCN1c1nc(C(C)(C)C)ns1. The van der Waals surface area contributed by atoms with Crippen molar-refractivity contribution in [2.45, 2.75) is 64.5 Å². The molecule has 18 heavy (non-hydrogen) atoms. The zero-order chi connectivity index (χ0) is 13.3. The molecule has 0 aliphatic carbocycles. The third kappa shape index (κ3) is 3.01. The number of hydrogen-bond donors (Lipinski definition) is 1. The van der Waals surface area contributed by atoms with Crippen LogP contribution in [0.2, 0.25) is 0 Å². The lowest BCUT2D eigenvalue weighted by Gasteiger charge is -2.24. The molecule has 2 atom stereocenters. The van der Waals surface area contributed by atoms with Crippen molar-refractivity contribution in [2.75, 3.05) is 11.4 Å². The van der Waals surface area contributed by atoms with Crippen molar-refractivity contribution in [1.29, 1.82) is 0 Å². The van der Waals surface area contributed by atoms with Gasteiger partial charge in [-0.05, 0) is 26.2 Å². The van der Waals surface area contributed by atoms with Gasteiger partial charge in [0.1, 0.15) is 5.82 Å². The summed E-state index contributed by atoms with van der Waals surface area (Å²) < 4.78 is 4.47. The van der Waals surface area contributed by atoms with Crippen LogP contribution in [0.3, 0.4) is 0 Å². The van der Waals surface area contributed by atoms with Gasteiger partial charge in [0.15, 0.2) is 0 Å². The second-order valence-electron chi connectivity index (χ2n) is 6.22. The van der Waals surface area contributed by atoms with E-state index < -0.39 is 0 Å². The Morgan fingerprint density at radius 1 is 1.50 bits per heavy atom. The van der Waals surface area contributed by atoms with Crippen LogP contribution in [0.15, 0.2) is 0 Å². The van der Waals surface area contributed by atoms with E-state index in [1.807, 2.05) is 6.92 Å². The number of rotatable bonds is 3. The van der Waals surface area contributed by atoms with Crippen LogP contribution in [0.1, 0.15) is 52.8 Å². The molecule has 0 spiro atoms. The van der Waals surface area contributed by atoms with Gasteiger partial charge in [0.2, 0.25) is 5.13 Å². The van der Waals surface area contributed by atoms with E-state index in [1.54, 1.807) is 0 Å². The summed E-state index contributed by atoms with van der Waals surface area (Å²) >= 11 is 1.49. The standard InChI is InChI=1S/C13H23N3OS/c1-9(17)8-10-6-5-7-16(10)12-14-11(15-18-12)13(2,3)4/h9-10,17H,5-8H2,1-4H3. The fourth-order valence-corrected chi connectivity index (χ4v) is 3.32. The zero-order valence-corrected chi connectivity index (χ0v) is 12.5. The highest BCUT2D eigenvalue weighted by Crippen LogP contribution is 2.31. The van der Waals surface area contributed by atoms with Crippen molar-refractivity contribution in [3.05, 3.63) is 5.82 Å². The van der Waals surface area contributed by atoms with E-state index in [1.165, 1.54) is 18.0 Å². The molecule has 0 aromatic carbocycles. The van der Waals surface area contributed by atoms with E-state index >= 15 is 0 Å². The summed E-state index contributed by atoms with van der Waals surface area (Å²) in [6.45, 7) is 9.30. The summed E-state index contributed by atoms with van der Waals surface area (Å²) in [6.07, 6.45) is 2.91. The number of hydrogen-bond acceptors (Lipinski definition) is 5. The number of aliphatic hydroxyl groups is 1. The fourth-order valence-electron chi connectivity index (χ4n) is 2.36. The highest BCUT2D eigenvalue weighted by molar-refractivity contribution is 7.09. The molecule has 5 heteroatoms. The van der Waals surface area contributed by atoms with Crippen molar-refractivity contribution in [3.8, 4) is 0 Å². The molecule has 102 valence electrons. The zero-order valence-electron chi connectivity index (χ0n) is 11.7. The predicted molar refractivity (Wildman–Crippen MR) is 75.3 cm³/mol. The van der Waals surface area contributed by atoms with Gasteiger partial charge >= 0.3 is 0 Å². The van der Waals surface area contributed by atoms with Gasteiger partial charge in [-0.1, -0.05) is 20.8 Å². The van der Waals surface area contributed by atoms with Crippen molar-refractivity contribution in [1.82, 2.24) is 9.36 Å². The van der Waals surface area contributed by atoms with Crippen LogP contribution in [0, 0.1) is 0 Å². The first kappa shape index (κ1) is 13.7. The van der Waals surface area contributed by atoms with E-state index in [4.69, 9.17) is 0 Å². The lowest BCUT2D eigenvalue weighted by atomic mass is 9.96. The Morgan fingerprint density at radius 2 is 2.22 bits per heavy atom.